The molecule has 0 saturated heterocycles. The Hall–Kier alpha value is -2.87. The molecule has 31 heavy (non-hydrogen) atoms. The maximum absolute atomic E-state index is 13.0. The van der Waals surface area contributed by atoms with E-state index in [1.165, 1.54) is 18.2 Å². The first kappa shape index (κ1) is 24.4. The van der Waals surface area contributed by atoms with Gasteiger partial charge in [0.05, 0.1) is 11.7 Å². The number of alkyl halides is 3. The molecule has 1 unspecified atom stereocenters. The molecule has 0 aliphatic rings. The van der Waals surface area contributed by atoms with Crippen LogP contribution in [0, 0.1) is 0 Å². The molecule has 0 saturated carbocycles. The zero-order valence-electron chi connectivity index (χ0n) is 17.7. The number of carbonyl (C=O) groups excluding carboxylic acids is 2. The van der Waals surface area contributed by atoms with Gasteiger partial charge in [0.2, 0.25) is 5.91 Å². The average Bonchev–Trinajstić information content (AvgIpc) is 2.70. The van der Waals surface area contributed by atoms with Crippen LogP contribution in [0.1, 0.15) is 60.3 Å². The van der Waals surface area contributed by atoms with Gasteiger partial charge in [-0.2, -0.15) is 13.2 Å². The van der Waals surface area contributed by atoms with Gasteiger partial charge in [0.1, 0.15) is 0 Å². The highest BCUT2D eigenvalue weighted by Gasteiger charge is 2.34. The molecule has 0 heterocycles. The smallest absolute Gasteiger partial charge is 0.387 e. The third kappa shape index (κ3) is 7.10. The molecule has 5 nitrogen and oxygen atoms in total. The van der Waals surface area contributed by atoms with Crippen LogP contribution in [-0.4, -0.2) is 30.0 Å². The van der Waals surface area contributed by atoms with Crippen molar-refractivity contribution in [3.05, 3.63) is 70.8 Å². The number of aliphatic hydroxyl groups excluding tert-OH is 1. The van der Waals surface area contributed by atoms with Gasteiger partial charge in [-0.3, -0.25) is 9.59 Å². The summed E-state index contributed by atoms with van der Waals surface area (Å²) in [4.78, 5) is 24.1. The summed E-state index contributed by atoms with van der Waals surface area (Å²) in [7, 11) is 0. The number of rotatable bonds is 7. The number of nitrogens with one attached hydrogen (secondary N) is 2. The number of benzene rings is 2. The van der Waals surface area contributed by atoms with Gasteiger partial charge in [0.25, 0.3) is 5.91 Å². The summed E-state index contributed by atoms with van der Waals surface area (Å²) < 4.78 is 39.1. The second kappa shape index (κ2) is 9.96. The van der Waals surface area contributed by atoms with Gasteiger partial charge in [0, 0.05) is 25.1 Å². The molecule has 0 bridgehead atoms. The minimum Gasteiger partial charge on any atom is -0.387 e. The van der Waals surface area contributed by atoms with E-state index in [9.17, 15) is 27.9 Å². The maximum atomic E-state index is 13.0. The first-order valence-corrected chi connectivity index (χ1v) is 9.89. The van der Waals surface area contributed by atoms with Gasteiger partial charge < -0.3 is 15.7 Å². The molecule has 2 amide bonds. The van der Waals surface area contributed by atoms with Crippen LogP contribution >= 0.6 is 0 Å². The molecule has 0 aromatic heterocycles. The van der Waals surface area contributed by atoms with Gasteiger partial charge in [-0.1, -0.05) is 51.1 Å². The van der Waals surface area contributed by atoms with Gasteiger partial charge in [-0.15, -0.1) is 0 Å². The molecule has 168 valence electrons. The van der Waals surface area contributed by atoms with E-state index in [-0.39, 0.29) is 36.4 Å². The van der Waals surface area contributed by atoms with Crippen molar-refractivity contribution in [3.8, 4) is 0 Å². The number of amides is 2. The highest BCUT2D eigenvalue weighted by molar-refractivity contribution is 5.94. The highest BCUT2D eigenvalue weighted by Crippen LogP contribution is 2.34. The Morgan fingerprint density at radius 2 is 1.58 bits per heavy atom. The largest absolute Gasteiger partial charge is 0.416 e. The molecule has 0 spiro atoms. The maximum Gasteiger partial charge on any atom is 0.416 e. The SMILES string of the molecule is CC(C)(C)c1ccc(C(=O)NCCC(=O)NCC(O)c2ccccc2C(F)(F)F)cc1. The second-order valence-electron chi connectivity index (χ2n) is 8.24. The molecule has 2 rings (SSSR count). The Labute approximate surface area is 179 Å². The van der Waals surface area contributed by atoms with Crippen LogP contribution < -0.4 is 10.6 Å². The Morgan fingerprint density at radius 3 is 2.16 bits per heavy atom. The quantitative estimate of drug-likeness (QED) is 0.615. The fourth-order valence-corrected chi connectivity index (χ4v) is 2.97. The molecule has 1 atom stereocenters. The van der Waals surface area contributed by atoms with E-state index < -0.39 is 23.8 Å². The molecular weight excluding hydrogens is 409 g/mol. The van der Waals surface area contributed by atoms with Crippen molar-refractivity contribution >= 4 is 11.8 Å². The van der Waals surface area contributed by atoms with Crippen LogP contribution in [0.2, 0.25) is 0 Å². The predicted molar refractivity (Wildman–Crippen MR) is 112 cm³/mol. The molecule has 0 aliphatic carbocycles. The van der Waals surface area contributed by atoms with E-state index in [1.54, 1.807) is 12.1 Å². The molecular formula is C23H27F3N2O3. The summed E-state index contributed by atoms with van der Waals surface area (Å²) >= 11 is 0. The number of aliphatic hydroxyl groups is 1. The lowest BCUT2D eigenvalue weighted by molar-refractivity contribution is -0.139. The van der Waals surface area contributed by atoms with Crippen molar-refractivity contribution in [3.63, 3.8) is 0 Å². The van der Waals surface area contributed by atoms with Crippen molar-refractivity contribution < 1.29 is 27.9 Å². The summed E-state index contributed by atoms with van der Waals surface area (Å²) in [6.45, 7) is 5.90. The van der Waals surface area contributed by atoms with Crippen molar-refractivity contribution in [1.29, 1.82) is 0 Å². The van der Waals surface area contributed by atoms with Gasteiger partial charge >= 0.3 is 6.18 Å². The van der Waals surface area contributed by atoms with Crippen LogP contribution in [0.4, 0.5) is 13.2 Å². The summed E-state index contributed by atoms with van der Waals surface area (Å²) in [5.74, 6) is -0.820. The summed E-state index contributed by atoms with van der Waals surface area (Å²) in [5, 5.41) is 15.1. The fraction of sp³-hybridized carbons (Fsp3) is 0.391. The van der Waals surface area contributed by atoms with E-state index >= 15 is 0 Å². The third-order valence-corrected chi connectivity index (χ3v) is 4.77. The zero-order chi connectivity index (χ0) is 23.2. The monoisotopic (exact) mass is 436 g/mol. The lowest BCUT2D eigenvalue weighted by Gasteiger charge is -2.19. The van der Waals surface area contributed by atoms with Crippen LogP contribution in [0.25, 0.3) is 0 Å². The summed E-state index contributed by atoms with van der Waals surface area (Å²) in [6.07, 6.45) is -6.17. The minimum atomic E-state index is -4.60. The number of hydrogen-bond donors (Lipinski definition) is 3. The summed E-state index contributed by atoms with van der Waals surface area (Å²) in [6, 6.07) is 11.9. The number of carbonyl (C=O) groups is 2. The lowest BCUT2D eigenvalue weighted by atomic mass is 9.87. The molecule has 0 radical (unpaired) electrons. The Balaban J connectivity index is 1.81. The molecule has 2 aromatic rings. The number of halogens is 3. The van der Waals surface area contributed by atoms with Gasteiger partial charge in [0.15, 0.2) is 0 Å². The van der Waals surface area contributed by atoms with Crippen LogP contribution in [-0.2, 0) is 16.4 Å². The van der Waals surface area contributed by atoms with Crippen LogP contribution in [0.5, 0.6) is 0 Å². The Kier molecular flexibility index (Phi) is 7.84. The second-order valence-corrected chi connectivity index (χ2v) is 8.24. The third-order valence-electron chi connectivity index (χ3n) is 4.77. The topological polar surface area (TPSA) is 78.4 Å². The lowest BCUT2D eigenvalue weighted by Crippen LogP contribution is -2.33. The average molecular weight is 436 g/mol. The predicted octanol–water partition coefficient (Wildman–Crippen LogP) is 3.97. The van der Waals surface area contributed by atoms with Gasteiger partial charge in [-0.25, -0.2) is 0 Å². The van der Waals surface area contributed by atoms with E-state index in [4.69, 9.17) is 0 Å². The molecule has 0 aliphatic heterocycles. The normalized spacial score (nSPS) is 12.9. The molecule has 2 aromatic carbocycles. The molecule has 0 fully saturated rings. The first-order chi connectivity index (χ1) is 14.4. The van der Waals surface area contributed by atoms with E-state index in [1.807, 2.05) is 12.1 Å². The summed E-state index contributed by atoms with van der Waals surface area (Å²) in [5.41, 5.74) is 0.281. The van der Waals surface area contributed by atoms with E-state index in [0.717, 1.165) is 11.6 Å². The van der Waals surface area contributed by atoms with Gasteiger partial charge in [-0.05, 0) is 34.7 Å². The van der Waals surface area contributed by atoms with Crippen molar-refractivity contribution in [2.75, 3.05) is 13.1 Å². The fourth-order valence-electron chi connectivity index (χ4n) is 2.97. The Bertz CT molecular complexity index is 904. The zero-order valence-corrected chi connectivity index (χ0v) is 17.7. The number of hydrogen-bond acceptors (Lipinski definition) is 3. The molecule has 8 heteroatoms. The van der Waals surface area contributed by atoms with Crippen LogP contribution in [0.3, 0.4) is 0 Å². The Morgan fingerprint density at radius 1 is 0.968 bits per heavy atom. The van der Waals surface area contributed by atoms with Crippen LogP contribution in [0.15, 0.2) is 48.5 Å². The van der Waals surface area contributed by atoms with E-state index in [2.05, 4.69) is 31.4 Å². The van der Waals surface area contributed by atoms with E-state index in [0.29, 0.717) is 5.56 Å². The standard InChI is InChI=1S/C23H27F3N2O3/c1-22(2,3)16-10-8-15(9-11-16)21(31)27-13-12-20(30)28-14-19(29)17-6-4-5-7-18(17)23(24,25)26/h4-11,19,29H,12-14H2,1-3H3,(H,27,31)(H,28,30). The first-order valence-electron chi connectivity index (χ1n) is 9.89. The van der Waals surface area contributed by atoms with Crippen molar-refractivity contribution in [1.82, 2.24) is 10.6 Å². The van der Waals surface area contributed by atoms with Crippen molar-refractivity contribution in [2.45, 2.75) is 44.9 Å². The minimum absolute atomic E-state index is 0.0295. The molecule has 3 N–H and O–H groups in total. The highest BCUT2D eigenvalue weighted by atomic mass is 19.4. The van der Waals surface area contributed by atoms with Crippen molar-refractivity contribution in [2.24, 2.45) is 0 Å².